The fourth-order valence-electron chi connectivity index (χ4n) is 2.21. The van der Waals surface area contributed by atoms with Crippen LogP contribution < -0.4 is 5.32 Å². The van der Waals surface area contributed by atoms with Crippen LogP contribution in [0.5, 0.6) is 0 Å². The highest BCUT2D eigenvalue weighted by molar-refractivity contribution is 5.78. The molecule has 0 saturated carbocycles. The minimum absolute atomic E-state index is 0.0814. The maximum atomic E-state index is 8.97. The number of nitrogens with zero attached hydrogens (tertiary/aromatic N) is 3. The second-order valence-corrected chi connectivity index (χ2v) is 5.20. The highest BCUT2D eigenvalue weighted by atomic mass is 16.4. The maximum absolute atomic E-state index is 8.97. The Labute approximate surface area is 122 Å². The standard InChI is InChI=1S/C15H18N4O2/c1-10(2)19-15-11(6-18-19)5-12(7-17-15)16-8-13-3-4-14(9-20)21-13/h3-7,10,16,20H,8-9H2,1-2H3. The Balaban J connectivity index is 1.75. The van der Waals surface area contributed by atoms with Crippen molar-refractivity contribution in [1.29, 1.82) is 0 Å². The summed E-state index contributed by atoms with van der Waals surface area (Å²) in [6.07, 6.45) is 3.61. The lowest BCUT2D eigenvalue weighted by Crippen LogP contribution is -2.03. The third-order valence-electron chi connectivity index (χ3n) is 3.26. The number of fused-ring (bicyclic) bond motifs is 1. The second kappa shape index (κ2) is 5.57. The molecule has 0 aromatic carbocycles. The van der Waals surface area contributed by atoms with Gasteiger partial charge in [-0.15, -0.1) is 0 Å². The molecule has 0 aliphatic rings. The smallest absolute Gasteiger partial charge is 0.158 e. The van der Waals surface area contributed by atoms with Crippen molar-refractivity contribution in [2.45, 2.75) is 33.0 Å². The minimum Gasteiger partial charge on any atom is -0.462 e. The summed E-state index contributed by atoms with van der Waals surface area (Å²) in [5.74, 6) is 1.34. The van der Waals surface area contributed by atoms with Crippen LogP contribution in [0.15, 0.2) is 35.0 Å². The van der Waals surface area contributed by atoms with Crippen molar-refractivity contribution in [3.63, 3.8) is 0 Å². The summed E-state index contributed by atoms with van der Waals surface area (Å²) in [5.41, 5.74) is 1.80. The minimum atomic E-state index is -0.0814. The molecule has 0 spiro atoms. The third-order valence-corrected chi connectivity index (χ3v) is 3.26. The van der Waals surface area contributed by atoms with Gasteiger partial charge in [-0.05, 0) is 32.0 Å². The zero-order chi connectivity index (χ0) is 14.8. The number of aliphatic hydroxyl groups excluding tert-OH is 1. The van der Waals surface area contributed by atoms with Crippen molar-refractivity contribution < 1.29 is 9.52 Å². The first kappa shape index (κ1) is 13.6. The highest BCUT2D eigenvalue weighted by Gasteiger charge is 2.08. The molecule has 0 atom stereocenters. The molecule has 0 fully saturated rings. The highest BCUT2D eigenvalue weighted by Crippen LogP contribution is 2.19. The molecule has 0 unspecified atom stereocenters. The summed E-state index contributed by atoms with van der Waals surface area (Å²) >= 11 is 0. The zero-order valence-electron chi connectivity index (χ0n) is 12.1. The van der Waals surface area contributed by atoms with E-state index in [9.17, 15) is 0 Å². The lowest BCUT2D eigenvalue weighted by atomic mass is 10.3. The van der Waals surface area contributed by atoms with Crippen molar-refractivity contribution in [3.05, 3.63) is 42.1 Å². The summed E-state index contributed by atoms with van der Waals surface area (Å²) in [4.78, 5) is 4.46. The molecule has 3 rings (SSSR count). The summed E-state index contributed by atoms with van der Waals surface area (Å²) in [6.45, 7) is 4.62. The van der Waals surface area contributed by atoms with Gasteiger partial charge in [-0.25, -0.2) is 9.67 Å². The number of hydrogen-bond donors (Lipinski definition) is 2. The summed E-state index contributed by atoms with van der Waals surface area (Å²) in [6, 6.07) is 5.92. The van der Waals surface area contributed by atoms with Gasteiger partial charge < -0.3 is 14.8 Å². The molecule has 0 bridgehead atoms. The molecule has 0 aliphatic carbocycles. The van der Waals surface area contributed by atoms with Crippen LogP contribution in [0.25, 0.3) is 11.0 Å². The average Bonchev–Trinajstić information content (AvgIpc) is 3.11. The molecule has 0 radical (unpaired) electrons. The first-order valence-electron chi connectivity index (χ1n) is 6.93. The summed E-state index contributed by atoms with van der Waals surface area (Å²) < 4.78 is 7.33. The van der Waals surface area contributed by atoms with E-state index in [4.69, 9.17) is 9.52 Å². The SMILES string of the molecule is CC(C)n1ncc2cc(NCc3ccc(CO)o3)cnc21. The number of aliphatic hydroxyl groups is 1. The molecular formula is C15H18N4O2. The van der Waals surface area contributed by atoms with Crippen molar-refractivity contribution in [2.24, 2.45) is 0 Å². The molecule has 6 heteroatoms. The predicted octanol–water partition coefficient (Wildman–Crippen LogP) is 2.71. The topological polar surface area (TPSA) is 76.1 Å². The Bertz CT molecular complexity index is 745. The van der Waals surface area contributed by atoms with Gasteiger partial charge in [0, 0.05) is 11.4 Å². The molecule has 0 amide bonds. The Morgan fingerprint density at radius 1 is 1.29 bits per heavy atom. The molecule has 3 heterocycles. The van der Waals surface area contributed by atoms with E-state index >= 15 is 0 Å². The van der Waals surface area contributed by atoms with Crippen LogP contribution >= 0.6 is 0 Å². The quantitative estimate of drug-likeness (QED) is 0.754. The first-order chi connectivity index (χ1) is 10.2. The van der Waals surface area contributed by atoms with Gasteiger partial charge in [0.25, 0.3) is 0 Å². The number of rotatable bonds is 5. The van der Waals surface area contributed by atoms with E-state index in [0.717, 1.165) is 22.5 Å². The first-order valence-corrected chi connectivity index (χ1v) is 6.93. The molecule has 3 aromatic heterocycles. The Morgan fingerprint density at radius 3 is 2.81 bits per heavy atom. The summed E-state index contributed by atoms with van der Waals surface area (Å²) in [5, 5.41) is 17.6. The fraction of sp³-hybridized carbons (Fsp3) is 0.333. The average molecular weight is 286 g/mol. The molecule has 3 aromatic rings. The van der Waals surface area contributed by atoms with Crippen LogP contribution in [0.3, 0.4) is 0 Å². The van der Waals surface area contributed by atoms with Gasteiger partial charge in [-0.3, -0.25) is 0 Å². The Hall–Kier alpha value is -2.34. The van der Waals surface area contributed by atoms with Crippen LogP contribution in [-0.2, 0) is 13.2 Å². The Morgan fingerprint density at radius 2 is 2.10 bits per heavy atom. The molecule has 21 heavy (non-hydrogen) atoms. The molecule has 6 nitrogen and oxygen atoms in total. The van der Waals surface area contributed by atoms with Gasteiger partial charge >= 0.3 is 0 Å². The number of furan rings is 1. The van der Waals surface area contributed by atoms with Crippen molar-refractivity contribution in [2.75, 3.05) is 5.32 Å². The number of hydrogen-bond acceptors (Lipinski definition) is 5. The van der Waals surface area contributed by atoms with E-state index in [1.807, 2.05) is 23.0 Å². The molecule has 0 aliphatic heterocycles. The van der Waals surface area contributed by atoms with E-state index < -0.39 is 0 Å². The van der Waals surface area contributed by atoms with Crippen LogP contribution in [0.1, 0.15) is 31.4 Å². The molecular weight excluding hydrogens is 268 g/mol. The largest absolute Gasteiger partial charge is 0.462 e. The van der Waals surface area contributed by atoms with Gasteiger partial charge in [0.05, 0.1) is 24.6 Å². The normalized spacial score (nSPS) is 11.4. The second-order valence-electron chi connectivity index (χ2n) is 5.20. The number of aromatic nitrogens is 3. The maximum Gasteiger partial charge on any atom is 0.158 e. The van der Waals surface area contributed by atoms with Crippen molar-refractivity contribution >= 4 is 16.7 Å². The predicted molar refractivity (Wildman–Crippen MR) is 79.9 cm³/mol. The molecule has 110 valence electrons. The van der Waals surface area contributed by atoms with Gasteiger partial charge in [-0.2, -0.15) is 5.10 Å². The van der Waals surface area contributed by atoms with Gasteiger partial charge in [0.2, 0.25) is 0 Å². The zero-order valence-corrected chi connectivity index (χ0v) is 12.1. The lowest BCUT2D eigenvalue weighted by molar-refractivity contribution is 0.244. The van der Waals surface area contributed by atoms with E-state index in [2.05, 4.69) is 29.2 Å². The van der Waals surface area contributed by atoms with Crippen molar-refractivity contribution in [1.82, 2.24) is 14.8 Å². The van der Waals surface area contributed by atoms with E-state index in [0.29, 0.717) is 12.3 Å². The van der Waals surface area contributed by atoms with Gasteiger partial charge in [0.15, 0.2) is 5.65 Å². The lowest BCUT2D eigenvalue weighted by Gasteiger charge is -2.07. The van der Waals surface area contributed by atoms with Crippen LogP contribution in [0.2, 0.25) is 0 Å². The van der Waals surface area contributed by atoms with E-state index in [1.54, 1.807) is 12.3 Å². The van der Waals surface area contributed by atoms with Crippen LogP contribution in [0, 0.1) is 0 Å². The van der Waals surface area contributed by atoms with E-state index in [-0.39, 0.29) is 12.6 Å². The number of pyridine rings is 1. The molecule has 2 N–H and O–H groups in total. The van der Waals surface area contributed by atoms with Gasteiger partial charge in [-0.1, -0.05) is 0 Å². The number of nitrogens with one attached hydrogen (secondary N) is 1. The Kier molecular flexibility index (Phi) is 3.62. The third kappa shape index (κ3) is 2.75. The summed E-state index contributed by atoms with van der Waals surface area (Å²) in [7, 11) is 0. The van der Waals surface area contributed by atoms with Crippen molar-refractivity contribution in [3.8, 4) is 0 Å². The monoisotopic (exact) mass is 286 g/mol. The fourth-order valence-corrected chi connectivity index (χ4v) is 2.21. The molecule has 0 saturated heterocycles. The van der Waals surface area contributed by atoms with E-state index in [1.165, 1.54) is 0 Å². The van der Waals surface area contributed by atoms with Crippen LogP contribution in [0.4, 0.5) is 5.69 Å². The van der Waals surface area contributed by atoms with Crippen LogP contribution in [-0.4, -0.2) is 19.9 Å². The number of anilines is 1. The van der Waals surface area contributed by atoms with Gasteiger partial charge in [0.1, 0.15) is 18.1 Å².